The van der Waals surface area contributed by atoms with E-state index >= 15 is 0 Å². The van der Waals surface area contributed by atoms with Crippen LogP contribution in [-0.4, -0.2) is 67.0 Å². The summed E-state index contributed by atoms with van der Waals surface area (Å²) in [6, 6.07) is 0.468. The Morgan fingerprint density at radius 1 is 0.727 bits per heavy atom. The van der Waals surface area contributed by atoms with E-state index in [0.717, 1.165) is 56.3 Å². The third-order valence-electron chi connectivity index (χ3n) is 6.21. The fourth-order valence-electron chi connectivity index (χ4n) is 3.60. The second-order valence-electron chi connectivity index (χ2n) is 8.54. The first kappa shape index (κ1) is 31.8. The van der Waals surface area contributed by atoms with Crippen molar-refractivity contribution >= 4 is 21.0 Å². The summed E-state index contributed by atoms with van der Waals surface area (Å²) in [6.07, 6.45) is 7.40. The van der Waals surface area contributed by atoms with Crippen LogP contribution >= 0.6 is 0 Å². The van der Waals surface area contributed by atoms with Crippen molar-refractivity contribution in [2.45, 2.75) is 91.5 Å². The minimum atomic E-state index is -2.80. The van der Waals surface area contributed by atoms with Crippen LogP contribution in [0, 0.1) is 11.8 Å². The molecule has 2 unspecified atom stereocenters. The molecule has 0 heterocycles. The van der Waals surface area contributed by atoms with Gasteiger partial charge in [-0.05, 0) is 31.1 Å². The van der Waals surface area contributed by atoms with Gasteiger partial charge in [-0.3, -0.25) is 0 Å². The molecule has 0 radical (unpaired) electrons. The lowest BCUT2D eigenvalue weighted by Gasteiger charge is -2.26. The molecule has 0 aromatic heterocycles. The summed E-state index contributed by atoms with van der Waals surface area (Å²) in [7, 11) is 1.83. The van der Waals surface area contributed by atoms with E-state index in [0.29, 0.717) is 37.5 Å². The van der Waals surface area contributed by atoms with E-state index in [-0.39, 0.29) is 6.54 Å². The van der Waals surface area contributed by atoms with E-state index in [9.17, 15) is 9.59 Å². The van der Waals surface area contributed by atoms with Gasteiger partial charge in [-0.15, -0.1) is 0 Å². The molecule has 0 aliphatic heterocycles. The molecule has 0 aliphatic rings. The summed E-state index contributed by atoms with van der Waals surface area (Å²) < 4.78 is 27.4. The molecule has 0 fully saturated rings. The Morgan fingerprint density at radius 2 is 1.15 bits per heavy atom. The Labute approximate surface area is 203 Å². The molecule has 2 atom stereocenters. The number of unbranched alkanes of at least 4 members (excludes halogenated alkanes) is 2. The zero-order valence-corrected chi connectivity index (χ0v) is 23.2. The van der Waals surface area contributed by atoms with Crippen LogP contribution in [0.15, 0.2) is 0 Å². The molecule has 2 amide bonds. The highest BCUT2D eigenvalue weighted by molar-refractivity contribution is 6.60. The molecule has 196 valence electrons. The third-order valence-corrected chi connectivity index (χ3v) is 9.04. The molecule has 8 nitrogen and oxygen atoms in total. The van der Waals surface area contributed by atoms with Crippen molar-refractivity contribution < 1.29 is 32.3 Å². The van der Waals surface area contributed by atoms with Gasteiger partial charge in [0.05, 0.1) is 13.2 Å². The Balaban J connectivity index is 5.12. The van der Waals surface area contributed by atoms with Crippen LogP contribution < -0.4 is 0 Å². The van der Waals surface area contributed by atoms with Gasteiger partial charge < -0.3 is 22.8 Å². The smallest absolute Gasteiger partial charge is 0.449 e. The molecule has 33 heavy (non-hydrogen) atoms. The number of carbonyl (C=O) groups is 2. The van der Waals surface area contributed by atoms with E-state index in [1.165, 1.54) is 0 Å². The minimum Gasteiger partial charge on any atom is -0.449 e. The van der Waals surface area contributed by atoms with Crippen molar-refractivity contribution in [3.05, 3.63) is 0 Å². The molecule has 0 aromatic carbocycles. The van der Waals surface area contributed by atoms with Gasteiger partial charge in [0.25, 0.3) is 0 Å². The van der Waals surface area contributed by atoms with E-state index in [1.54, 1.807) is 21.3 Å². The van der Waals surface area contributed by atoms with Crippen LogP contribution in [0.1, 0.15) is 85.5 Å². The zero-order valence-electron chi connectivity index (χ0n) is 22.2. The van der Waals surface area contributed by atoms with Crippen LogP contribution in [0.3, 0.4) is 0 Å². The lowest BCUT2D eigenvalue weighted by atomic mass is 10.0. The molecule has 0 rings (SSSR count). The fourth-order valence-corrected chi connectivity index (χ4v) is 5.30. The van der Waals surface area contributed by atoms with Gasteiger partial charge in [-0.2, -0.15) is 0 Å². The van der Waals surface area contributed by atoms with Gasteiger partial charge in [0.2, 0.25) is 0 Å². The molecule has 0 aliphatic carbocycles. The highest BCUT2D eigenvalue weighted by Crippen LogP contribution is 2.18. The first-order valence-electron chi connectivity index (χ1n) is 12.6. The summed E-state index contributed by atoms with van der Waals surface area (Å²) in [5, 5.41) is 0. The van der Waals surface area contributed by atoms with Gasteiger partial charge in [0, 0.05) is 33.9 Å². The SMILES string of the molecule is CCCCC(CC)COC(=O)N(CCC[Si](OC)(OC)OC)C(=O)OCC(CC)CCCC. The van der Waals surface area contributed by atoms with Gasteiger partial charge in [-0.1, -0.05) is 66.2 Å². The van der Waals surface area contributed by atoms with Crippen LogP contribution in [0.2, 0.25) is 6.04 Å². The second-order valence-corrected chi connectivity index (χ2v) is 11.6. The Hall–Kier alpha value is -1.16. The number of ether oxygens (including phenoxy) is 2. The fraction of sp³-hybridized carbons (Fsp3) is 0.917. The number of amides is 2. The molecule has 0 saturated heterocycles. The molecule has 0 N–H and O–H groups in total. The first-order valence-corrected chi connectivity index (χ1v) is 14.6. The quantitative estimate of drug-likeness (QED) is 0.197. The third kappa shape index (κ3) is 12.8. The number of hydrogen-bond acceptors (Lipinski definition) is 7. The van der Waals surface area contributed by atoms with Crippen LogP contribution in [-0.2, 0) is 22.8 Å². The summed E-state index contributed by atoms with van der Waals surface area (Å²) in [5.41, 5.74) is 0. The summed E-state index contributed by atoms with van der Waals surface area (Å²) in [6.45, 7) is 9.23. The number of nitrogens with zero attached hydrogens (tertiary/aromatic N) is 1. The molecule has 0 aromatic rings. The number of hydrogen-bond donors (Lipinski definition) is 0. The number of rotatable bonds is 19. The van der Waals surface area contributed by atoms with E-state index < -0.39 is 21.0 Å². The molecular formula is C24H49NO7Si. The summed E-state index contributed by atoms with van der Waals surface area (Å²) in [4.78, 5) is 26.8. The predicted octanol–water partition coefficient (Wildman–Crippen LogP) is 6.26. The van der Waals surface area contributed by atoms with Crippen LogP contribution in [0.5, 0.6) is 0 Å². The zero-order chi connectivity index (χ0) is 25.1. The maximum Gasteiger partial charge on any atom is 0.500 e. The van der Waals surface area contributed by atoms with Crippen molar-refractivity contribution in [1.82, 2.24) is 4.90 Å². The average Bonchev–Trinajstić information content (AvgIpc) is 2.84. The van der Waals surface area contributed by atoms with Crippen molar-refractivity contribution in [3.63, 3.8) is 0 Å². The average molecular weight is 492 g/mol. The standard InChI is InChI=1S/C24H49NO7Si/c1-8-12-15-21(10-3)19-31-23(26)25(17-14-18-33(28-5,29-6)30-7)24(27)32-20-22(11-4)16-13-9-2/h21-22H,8-20H2,1-7H3. The Kier molecular flexibility index (Phi) is 18.5. The molecule has 9 heteroatoms. The van der Waals surface area contributed by atoms with Gasteiger partial charge in [0.1, 0.15) is 0 Å². The maximum absolute atomic E-state index is 12.8. The van der Waals surface area contributed by atoms with Crippen molar-refractivity contribution in [3.8, 4) is 0 Å². The van der Waals surface area contributed by atoms with E-state index in [2.05, 4.69) is 27.7 Å². The number of carbonyl (C=O) groups excluding carboxylic acids is 2. The topological polar surface area (TPSA) is 83.5 Å². The van der Waals surface area contributed by atoms with Crippen molar-refractivity contribution in [2.75, 3.05) is 41.1 Å². The Bertz CT molecular complexity index is 477. The summed E-state index contributed by atoms with van der Waals surface area (Å²) in [5.74, 6) is 0.585. The lowest BCUT2D eigenvalue weighted by molar-refractivity contribution is 0.0588. The largest absolute Gasteiger partial charge is 0.500 e. The lowest BCUT2D eigenvalue weighted by Crippen LogP contribution is -2.44. The monoisotopic (exact) mass is 491 g/mol. The van der Waals surface area contributed by atoms with Crippen molar-refractivity contribution in [1.29, 1.82) is 0 Å². The number of imide groups is 1. The first-order chi connectivity index (χ1) is 15.9. The molecule has 0 bridgehead atoms. The normalized spacial score (nSPS) is 13.4. The molecular weight excluding hydrogens is 442 g/mol. The summed E-state index contributed by atoms with van der Waals surface area (Å²) >= 11 is 0. The molecule has 0 spiro atoms. The second kappa shape index (κ2) is 19.2. The maximum atomic E-state index is 12.8. The Morgan fingerprint density at radius 3 is 1.48 bits per heavy atom. The molecule has 0 saturated carbocycles. The van der Waals surface area contributed by atoms with E-state index in [1.807, 2.05) is 0 Å². The predicted molar refractivity (Wildman–Crippen MR) is 132 cm³/mol. The van der Waals surface area contributed by atoms with Gasteiger partial charge in [-0.25, -0.2) is 14.5 Å². The highest BCUT2D eigenvalue weighted by atomic mass is 28.4. The van der Waals surface area contributed by atoms with Crippen LogP contribution in [0.4, 0.5) is 9.59 Å². The highest BCUT2D eigenvalue weighted by Gasteiger charge is 2.38. The minimum absolute atomic E-state index is 0.153. The van der Waals surface area contributed by atoms with Crippen LogP contribution in [0.25, 0.3) is 0 Å². The van der Waals surface area contributed by atoms with Gasteiger partial charge >= 0.3 is 21.0 Å². The van der Waals surface area contributed by atoms with E-state index in [4.69, 9.17) is 22.8 Å². The van der Waals surface area contributed by atoms with Gasteiger partial charge in [0.15, 0.2) is 0 Å². The van der Waals surface area contributed by atoms with Crippen molar-refractivity contribution in [2.24, 2.45) is 11.8 Å².